The summed E-state index contributed by atoms with van der Waals surface area (Å²) >= 11 is 0. The van der Waals surface area contributed by atoms with E-state index in [4.69, 9.17) is 9.47 Å². The monoisotopic (exact) mass is 347 g/mol. The first-order valence-electron chi connectivity index (χ1n) is 7.07. The number of aryl methyl sites for hydroxylation is 1. The molecular formula is C15H17F4N3O2. The third kappa shape index (κ3) is 3.72. The SMILES string of the molecule is CCn1cc(NC(c2cc(OC)c(OC)cc2F)C(F)(F)F)cn1. The molecule has 0 amide bonds. The molecule has 0 spiro atoms. The van der Waals surface area contributed by atoms with Crippen molar-refractivity contribution in [1.82, 2.24) is 9.78 Å². The minimum atomic E-state index is -4.73. The van der Waals surface area contributed by atoms with Gasteiger partial charge in [-0.2, -0.15) is 18.3 Å². The number of aromatic nitrogens is 2. The molecule has 1 aromatic heterocycles. The summed E-state index contributed by atoms with van der Waals surface area (Å²) < 4.78 is 65.9. The molecule has 132 valence electrons. The van der Waals surface area contributed by atoms with Crippen LogP contribution in [0, 0.1) is 5.82 Å². The van der Waals surface area contributed by atoms with Crippen molar-refractivity contribution in [2.45, 2.75) is 25.7 Å². The van der Waals surface area contributed by atoms with Crippen LogP contribution in [-0.4, -0.2) is 30.2 Å². The first kappa shape index (κ1) is 17.9. The van der Waals surface area contributed by atoms with Gasteiger partial charge in [0.2, 0.25) is 0 Å². The maximum absolute atomic E-state index is 14.2. The lowest BCUT2D eigenvalue weighted by Gasteiger charge is -2.23. The minimum absolute atomic E-state index is 0.00852. The summed E-state index contributed by atoms with van der Waals surface area (Å²) in [5, 5.41) is 6.17. The smallest absolute Gasteiger partial charge is 0.412 e. The molecule has 5 nitrogen and oxygen atoms in total. The van der Waals surface area contributed by atoms with Gasteiger partial charge in [0.05, 0.1) is 26.1 Å². The number of hydrogen-bond donors (Lipinski definition) is 1. The topological polar surface area (TPSA) is 48.3 Å². The van der Waals surface area contributed by atoms with Gasteiger partial charge in [-0.05, 0) is 13.0 Å². The second-order valence-corrected chi connectivity index (χ2v) is 4.93. The minimum Gasteiger partial charge on any atom is -0.493 e. The molecule has 9 heteroatoms. The van der Waals surface area contributed by atoms with Crippen LogP contribution in [0.15, 0.2) is 24.5 Å². The zero-order chi connectivity index (χ0) is 17.9. The predicted molar refractivity (Wildman–Crippen MR) is 79.8 cm³/mol. The van der Waals surface area contributed by atoms with Gasteiger partial charge in [-0.15, -0.1) is 0 Å². The number of hydrogen-bond acceptors (Lipinski definition) is 4. The molecule has 0 radical (unpaired) electrons. The predicted octanol–water partition coefficient (Wildman–Crippen LogP) is 3.77. The molecule has 1 atom stereocenters. The molecule has 2 aromatic rings. The van der Waals surface area contributed by atoms with Crippen molar-refractivity contribution in [1.29, 1.82) is 0 Å². The van der Waals surface area contributed by atoms with Crippen LogP contribution in [0.2, 0.25) is 0 Å². The lowest BCUT2D eigenvalue weighted by molar-refractivity contribution is -0.144. The van der Waals surface area contributed by atoms with Crippen molar-refractivity contribution in [3.63, 3.8) is 0 Å². The Morgan fingerprint density at radius 1 is 1.21 bits per heavy atom. The normalized spacial score (nSPS) is 12.8. The second kappa shape index (κ2) is 6.98. The molecule has 1 N–H and O–H groups in total. The number of nitrogens with zero attached hydrogens (tertiary/aromatic N) is 2. The lowest BCUT2D eigenvalue weighted by atomic mass is 10.0. The zero-order valence-electron chi connectivity index (χ0n) is 13.3. The fourth-order valence-corrected chi connectivity index (χ4v) is 2.20. The molecule has 0 saturated carbocycles. The standard InChI is InChI=1S/C15H17F4N3O2/c1-4-22-8-9(7-20-22)21-14(15(17,18)19)10-5-12(23-2)13(24-3)6-11(10)16/h5-8,14,21H,4H2,1-3H3. The van der Waals surface area contributed by atoms with Crippen LogP contribution in [0.3, 0.4) is 0 Å². The summed E-state index contributed by atoms with van der Waals surface area (Å²) in [5.41, 5.74) is -0.460. The van der Waals surface area contributed by atoms with E-state index in [-0.39, 0.29) is 17.2 Å². The maximum atomic E-state index is 14.2. The number of benzene rings is 1. The van der Waals surface area contributed by atoms with Crippen molar-refractivity contribution < 1.29 is 27.0 Å². The average molecular weight is 347 g/mol. The maximum Gasteiger partial charge on any atom is 0.412 e. The molecule has 0 aliphatic heterocycles. The zero-order valence-corrected chi connectivity index (χ0v) is 13.3. The van der Waals surface area contributed by atoms with Crippen molar-refractivity contribution in [2.75, 3.05) is 19.5 Å². The second-order valence-electron chi connectivity index (χ2n) is 4.93. The molecule has 1 heterocycles. The number of halogens is 4. The number of ether oxygens (including phenoxy) is 2. The van der Waals surface area contributed by atoms with Crippen molar-refractivity contribution in [3.05, 3.63) is 35.9 Å². The summed E-state index contributed by atoms with van der Waals surface area (Å²) in [4.78, 5) is 0. The van der Waals surface area contributed by atoms with E-state index >= 15 is 0 Å². The Morgan fingerprint density at radius 2 is 1.83 bits per heavy atom. The molecule has 0 bridgehead atoms. The highest BCUT2D eigenvalue weighted by Crippen LogP contribution is 2.40. The number of anilines is 1. The highest BCUT2D eigenvalue weighted by Gasteiger charge is 2.43. The van der Waals surface area contributed by atoms with Crippen molar-refractivity contribution >= 4 is 5.69 Å². The largest absolute Gasteiger partial charge is 0.493 e. The van der Waals surface area contributed by atoms with Gasteiger partial charge in [0.1, 0.15) is 5.82 Å². The van der Waals surface area contributed by atoms with Crippen LogP contribution in [0.1, 0.15) is 18.5 Å². The molecule has 0 saturated heterocycles. The van der Waals surface area contributed by atoms with Crippen molar-refractivity contribution in [2.24, 2.45) is 0 Å². The quantitative estimate of drug-likeness (QED) is 0.808. The van der Waals surface area contributed by atoms with E-state index in [1.807, 2.05) is 0 Å². The van der Waals surface area contributed by atoms with E-state index in [1.165, 1.54) is 31.3 Å². The van der Waals surface area contributed by atoms with Crippen molar-refractivity contribution in [3.8, 4) is 11.5 Å². The molecule has 0 aliphatic carbocycles. The number of nitrogens with one attached hydrogen (secondary N) is 1. The Morgan fingerprint density at radius 3 is 2.33 bits per heavy atom. The molecule has 0 aliphatic rings. The Labute approximate surface area is 136 Å². The van der Waals surface area contributed by atoms with Gasteiger partial charge in [0, 0.05) is 24.4 Å². The number of rotatable bonds is 6. The van der Waals surface area contributed by atoms with Gasteiger partial charge < -0.3 is 14.8 Å². The summed E-state index contributed by atoms with van der Waals surface area (Å²) in [6.07, 6.45) is -2.06. The van der Waals surface area contributed by atoms with Crippen LogP contribution in [0.25, 0.3) is 0 Å². The Bertz CT molecular complexity index is 701. The molecular weight excluding hydrogens is 330 g/mol. The lowest BCUT2D eigenvalue weighted by Crippen LogP contribution is -2.28. The highest BCUT2D eigenvalue weighted by atomic mass is 19.4. The first-order chi connectivity index (χ1) is 11.3. The van der Waals surface area contributed by atoms with Crippen LogP contribution < -0.4 is 14.8 Å². The van der Waals surface area contributed by atoms with E-state index < -0.39 is 23.6 Å². The summed E-state index contributed by atoms with van der Waals surface area (Å²) in [6, 6.07) is -0.417. The van der Waals surface area contributed by atoms with E-state index in [0.717, 1.165) is 12.1 Å². The molecule has 24 heavy (non-hydrogen) atoms. The summed E-state index contributed by atoms with van der Waals surface area (Å²) in [6.45, 7) is 2.30. The Hall–Kier alpha value is -2.45. The third-order valence-electron chi connectivity index (χ3n) is 3.41. The average Bonchev–Trinajstić information content (AvgIpc) is 2.99. The number of methoxy groups -OCH3 is 2. The third-order valence-corrected chi connectivity index (χ3v) is 3.41. The van der Waals surface area contributed by atoms with E-state index in [2.05, 4.69) is 10.4 Å². The van der Waals surface area contributed by atoms with Crippen LogP contribution in [0.5, 0.6) is 11.5 Å². The van der Waals surface area contributed by atoms with Crippen LogP contribution in [0.4, 0.5) is 23.2 Å². The Kier molecular flexibility index (Phi) is 5.20. The van der Waals surface area contributed by atoms with E-state index in [1.54, 1.807) is 6.92 Å². The van der Waals surface area contributed by atoms with Gasteiger partial charge >= 0.3 is 6.18 Å². The van der Waals surface area contributed by atoms with Crippen LogP contribution >= 0.6 is 0 Å². The number of alkyl halides is 3. The highest BCUT2D eigenvalue weighted by molar-refractivity contribution is 5.48. The molecule has 1 unspecified atom stereocenters. The summed E-state index contributed by atoms with van der Waals surface area (Å²) in [5.74, 6) is -1.03. The van der Waals surface area contributed by atoms with Gasteiger partial charge in [-0.1, -0.05) is 0 Å². The molecule has 2 rings (SSSR count). The van der Waals surface area contributed by atoms with Gasteiger partial charge in [-0.3, -0.25) is 4.68 Å². The fraction of sp³-hybridized carbons (Fsp3) is 0.400. The van der Waals surface area contributed by atoms with Gasteiger partial charge in [0.25, 0.3) is 0 Å². The molecule has 0 fully saturated rings. The van der Waals surface area contributed by atoms with Crippen LogP contribution in [-0.2, 0) is 6.54 Å². The molecule has 1 aromatic carbocycles. The summed E-state index contributed by atoms with van der Waals surface area (Å²) in [7, 11) is 2.54. The fourth-order valence-electron chi connectivity index (χ4n) is 2.20. The van der Waals surface area contributed by atoms with Gasteiger partial charge in [-0.25, -0.2) is 4.39 Å². The van der Waals surface area contributed by atoms with E-state index in [9.17, 15) is 17.6 Å². The van der Waals surface area contributed by atoms with E-state index in [0.29, 0.717) is 6.54 Å². The first-order valence-corrected chi connectivity index (χ1v) is 7.07. The Balaban J connectivity index is 2.44. The van der Waals surface area contributed by atoms with Gasteiger partial charge in [0.15, 0.2) is 17.5 Å².